The van der Waals surface area contributed by atoms with E-state index in [1.54, 1.807) is 6.07 Å². The molecule has 4 nitrogen and oxygen atoms in total. The molecule has 3 rings (SSSR count). The highest BCUT2D eigenvalue weighted by atomic mass is 127. The van der Waals surface area contributed by atoms with Crippen LogP contribution in [0.25, 0.3) is 23.1 Å². The third-order valence-corrected chi connectivity index (χ3v) is 3.48. The van der Waals surface area contributed by atoms with E-state index in [4.69, 9.17) is 4.74 Å². The standard InChI is InChI=1S/C19H17N2O2.HI/c1-14(22)23-18-8-5-6-15-9-10-16(20-19(15)18)11-12-17-7-3-4-13-21(17)2;/h3-13H,1-2H3;1H/q+1;/p-1/b12-11+;. The molecule has 2 aromatic heterocycles. The Labute approximate surface area is 157 Å². The largest absolute Gasteiger partial charge is 1.00 e. The zero-order valence-corrected chi connectivity index (χ0v) is 15.6. The molecule has 0 atom stereocenters. The van der Waals surface area contributed by atoms with Crippen molar-refractivity contribution in [2.75, 3.05) is 0 Å². The molecule has 0 aliphatic carbocycles. The second kappa shape index (κ2) is 8.01. The number of aryl methyl sites for hydroxylation is 1. The average Bonchev–Trinajstić information content (AvgIpc) is 2.54. The predicted molar refractivity (Wildman–Crippen MR) is 89.6 cm³/mol. The lowest BCUT2D eigenvalue weighted by molar-refractivity contribution is -0.673. The zero-order chi connectivity index (χ0) is 16.2. The number of pyridine rings is 2. The van der Waals surface area contributed by atoms with Crippen molar-refractivity contribution in [3.63, 3.8) is 0 Å². The number of aromatic nitrogens is 2. The fraction of sp³-hybridized carbons (Fsp3) is 0.105. The predicted octanol–water partition coefficient (Wildman–Crippen LogP) is 0.159. The van der Waals surface area contributed by atoms with Crippen LogP contribution in [0.4, 0.5) is 0 Å². The molecule has 0 radical (unpaired) electrons. The molecule has 3 aromatic rings. The van der Waals surface area contributed by atoms with Crippen LogP contribution in [0.1, 0.15) is 18.3 Å². The summed E-state index contributed by atoms with van der Waals surface area (Å²) in [6, 6.07) is 15.5. The summed E-state index contributed by atoms with van der Waals surface area (Å²) in [6.07, 6.45) is 5.94. The molecule has 24 heavy (non-hydrogen) atoms. The van der Waals surface area contributed by atoms with Crippen molar-refractivity contribution in [2.24, 2.45) is 7.05 Å². The lowest BCUT2D eigenvalue weighted by Crippen LogP contribution is -3.00. The molecule has 0 fully saturated rings. The summed E-state index contributed by atoms with van der Waals surface area (Å²) in [5.74, 6) is 0.132. The van der Waals surface area contributed by atoms with Gasteiger partial charge < -0.3 is 28.7 Å². The second-order valence-electron chi connectivity index (χ2n) is 5.23. The molecule has 0 saturated carbocycles. The van der Waals surface area contributed by atoms with Gasteiger partial charge in [-0.3, -0.25) is 4.79 Å². The first-order valence-electron chi connectivity index (χ1n) is 7.34. The average molecular weight is 432 g/mol. The summed E-state index contributed by atoms with van der Waals surface area (Å²) >= 11 is 0. The number of benzene rings is 1. The van der Waals surface area contributed by atoms with Crippen molar-refractivity contribution in [1.29, 1.82) is 0 Å². The topological polar surface area (TPSA) is 43.1 Å². The fourth-order valence-electron chi connectivity index (χ4n) is 2.35. The molecule has 0 spiro atoms. The van der Waals surface area contributed by atoms with E-state index in [2.05, 4.69) is 4.98 Å². The highest BCUT2D eigenvalue weighted by molar-refractivity contribution is 5.88. The molecule has 0 aliphatic heterocycles. The number of nitrogens with zero attached hydrogens (tertiary/aromatic N) is 2. The fourth-order valence-corrected chi connectivity index (χ4v) is 2.35. The Balaban J connectivity index is 0.00000208. The maximum atomic E-state index is 11.2. The monoisotopic (exact) mass is 432 g/mol. The molecule has 5 heteroatoms. The minimum absolute atomic E-state index is 0. The highest BCUT2D eigenvalue weighted by Gasteiger charge is 2.06. The van der Waals surface area contributed by atoms with Gasteiger partial charge in [0, 0.05) is 30.5 Å². The van der Waals surface area contributed by atoms with Gasteiger partial charge in [0.2, 0.25) is 5.69 Å². The highest BCUT2D eigenvalue weighted by Crippen LogP contribution is 2.24. The van der Waals surface area contributed by atoms with Crippen LogP contribution in [-0.4, -0.2) is 11.0 Å². The molecular formula is C19H17IN2O2. The maximum absolute atomic E-state index is 11.2. The Bertz CT molecular complexity index is 907. The van der Waals surface area contributed by atoms with Gasteiger partial charge in [-0.25, -0.2) is 9.55 Å². The van der Waals surface area contributed by atoms with Crippen molar-refractivity contribution < 1.29 is 38.1 Å². The molecule has 0 N–H and O–H groups in total. The van der Waals surface area contributed by atoms with E-state index < -0.39 is 0 Å². The van der Waals surface area contributed by atoms with Gasteiger partial charge >= 0.3 is 5.97 Å². The van der Waals surface area contributed by atoms with Gasteiger partial charge in [0.25, 0.3) is 0 Å². The first-order chi connectivity index (χ1) is 11.1. The Morgan fingerprint density at radius 3 is 2.67 bits per heavy atom. The third-order valence-electron chi connectivity index (χ3n) is 3.48. The van der Waals surface area contributed by atoms with Gasteiger partial charge in [-0.1, -0.05) is 18.2 Å². The summed E-state index contributed by atoms with van der Waals surface area (Å²) in [5.41, 5.74) is 2.56. The Kier molecular flexibility index (Phi) is 6.03. The normalized spacial score (nSPS) is 10.6. The van der Waals surface area contributed by atoms with Crippen LogP contribution in [0.2, 0.25) is 0 Å². The molecular weight excluding hydrogens is 415 g/mol. The van der Waals surface area contributed by atoms with Gasteiger partial charge in [0.1, 0.15) is 12.6 Å². The van der Waals surface area contributed by atoms with Gasteiger partial charge in [-0.05, 0) is 24.3 Å². The molecule has 122 valence electrons. The van der Waals surface area contributed by atoms with E-state index in [0.717, 1.165) is 16.8 Å². The smallest absolute Gasteiger partial charge is 0.308 e. The summed E-state index contributed by atoms with van der Waals surface area (Å²) in [6.45, 7) is 1.39. The van der Waals surface area contributed by atoms with Crippen LogP contribution in [0, 0.1) is 0 Å². The zero-order valence-electron chi connectivity index (χ0n) is 13.4. The Morgan fingerprint density at radius 2 is 1.92 bits per heavy atom. The molecule has 0 aliphatic rings. The summed E-state index contributed by atoms with van der Waals surface area (Å²) in [7, 11) is 1.99. The summed E-state index contributed by atoms with van der Waals surface area (Å²) < 4.78 is 7.26. The van der Waals surface area contributed by atoms with E-state index in [1.807, 2.05) is 72.4 Å². The number of carbonyl (C=O) groups is 1. The quantitative estimate of drug-likeness (QED) is 0.257. The van der Waals surface area contributed by atoms with E-state index in [1.165, 1.54) is 6.92 Å². The van der Waals surface area contributed by atoms with E-state index in [0.29, 0.717) is 11.3 Å². The minimum atomic E-state index is -0.350. The SMILES string of the molecule is CC(=O)Oc1cccc2ccc(/C=C/c3cccc[n+]3C)nc12.[I-]. The number of para-hydroxylation sites is 1. The van der Waals surface area contributed by atoms with Crippen LogP contribution >= 0.6 is 0 Å². The first kappa shape index (κ1) is 18.1. The number of carbonyl (C=O) groups excluding carboxylic acids is 1. The van der Waals surface area contributed by atoms with E-state index in [9.17, 15) is 4.79 Å². The first-order valence-corrected chi connectivity index (χ1v) is 7.34. The van der Waals surface area contributed by atoms with Crippen LogP contribution in [0.15, 0.2) is 54.7 Å². The molecule has 0 bridgehead atoms. The number of rotatable bonds is 3. The van der Waals surface area contributed by atoms with Gasteiger partial charge in [-0.2, -0.15) is 0 Å². The van der Waals surface area contributed by atoms with Crippen molar-refractivity contribution >= 4 is 29.0 Å². The molecule has 1 aromatic carbocycles. The van der Waals surface area contributed by atoms with Crippen molar-refractivity contribution in [2.45, 2.75) is 6.92 Å². The number of esters is 1. The Hall–Kier alpha value is -2.28. The van der Waals surface area contributed by atoms with Gasteiger partial charge in [0.05, 0.1) is 5.69 Å². The van der Waals surface area contributed by atoms with Crippen LogP contribution in [0.5, 0.6) is 5.75 Å². The number of fused-ring (bicyclic) bond motifs is 1. The molecule has 0 unspecified atom stereocenters. The molecule has 2 heterocycles. The maximum Gasteiger partial charge on any atom is 0.308 e. The van der Waals surface area contributed by atoms with Crippen molar-refractivity contribution in [3.05, 3.63) is 66.1 Å². The summed E-state index contributed by atoms with van der Waals surface area (Å²) in [5, 5.41) is 0.936. The third kappa shape index (κ3) is 4.17. The number of ether oxygens (including phenoxy) is 1. The van der Waals surface area contributed by atoms with Crippen LogP contribution in [0.3, 0.4) is 0 Å². The second-order valence-corrected chi connectivity index (χ2v) is 5.23. The lowest BCUT2D eigenvalue weighted by Gasteiger charge is -2.05. The van der Waals surface area contributed by atoms with Gasteiger partial charge in [-0.15, -0.1) is 0 Å². The van der Waals surface area contributed by atoms with Crippen LogP contribution < -0.4 is 33.3 Å². The van der Waals surface area contributed by atoms with Crippen molar-refractivity contribution in [3.8, 4) is 5.75 Å². The van der Waals surface area contributed by atoms with E-state index >= 15 is 0 Å². The number of hydrogen-bond acceptors (Lipinski definition) is 3. The van der Waals surface area contributed by atoms with E-state index in [-0.39, 0.29) is 29.9 Å². The van der Waals surface area contributed by atoms with Gasteiger partial charge in [0.15, 0.2) is 11.9 Å². The Morgan fingerprint density at radius 1 is 1.08 bits per heavy atom. The van der Waals surface area contributed by atoms with Crippen molar-refractivity contribution in [1.82, 2.24) is 4.98 Å². The molecule has 0 saturated heterocycles. The lowest BCUT2D eigenvalue weighted by atomic mass is 10.2. The number of hydrogen-bond donors (Lipinski definition) is 0. The van der Waals surface area contributed by atoms with Crippen LogP contribution in [-0.2, 0) is 11.8 Å². The minimum Gasteiger partial charge on any atom is -1.00 e. The summed E-state index contributed by atoms with van der Waals surface area (Å²) in [4.78, 5) is 15.8. The molecule has 0 amide bonds. The number of halogens is 1.